The summed E-state index contributed by atoms with van der Waals surface area (Å²) in [5.41, 5.74) is 1.21. The van der Waals surface area contributed by atoms with Crippen LogP contribution < -0.4 is 20.1 Å². The van der Waals surface area contributed by atoms with E-state index in [0.29, 0.717) is 25.6 Å². The lowest BCUT2D eigenvalue weighted by Crippen LogP contribution is -2.42. The van der Waals surface area contributed by atoms with Crippen molar-refractivity contribution in [3.8, 4) is 5.75 Å². The van der Waals surface area contributed by atoms with E-state index < -0.39 is 10.0 Å². The van der Waals surface area contributed by atoms with Gasteiger partial charge in [0.2, 0.25) is 10.0 Å². The Hall–Kier alpha value is -1.07. The molecule has 0 radical (unpaired) electrons. The molecule has 1 unspecified atom stereocenters. The number of halogens is 1. The molecule has 9 heteroatoms. The first-order valence-electron chi connectivity index (χ1n) is 8.28. The largest absolute Gasteiger partial charge is 0.488 e. The van der Waals surface area contributed by atoms with E-state index in [0.717, 1.165) is 18.7 Å². The van der Waals surface area contributed by atoms with Gasteiger partial charge in [0.25, 0.3) is 0 Å². The molecular weight excluding hydrogens is 455 g/mol. The van der Waals surface area contributed by atoms with Gasteiger partial charge in [-0.05, 0) is 25.5 Å². The zero-order valence-electron chi connectivity index (χ0n) is 14.6. The zero-order valence-corrected chi connectivity index (χ0v) is 17.8. The van der Waals surface area contributed by atoms with Gasteiger partial charge in [0.15, 0.2) is 5.96 Å². The van der Waals surface area contributed by atoms with E-state index in [4.69, 9.17) is 4.74 Å². The smallest absolute Gasteiger partial charge is 0.211 e. The highest BCUT2D eigenvalue weighted by Crippen LogP contribution is 2.28. The minimum atomic E-state index is -3.16. The van der Waals surface area contributed by atoms with Gasteiger partial charge in [-0.25, -0.2) is 18.1 Å². The highest BCUT2D eigenvalue weighted by Gasteiger charge is 2.21. The molecule has 142 valence electrons. The van der Waals surface area contributed by atoms with E-state index in [1.807, 2.05) is 25.1 Å². The normalized spacial score (nSPS) is 16.6. The molecule has 0 amide bonds. The Morgan fingerprint density at radius 1 is 1.24 bits per heavy atom. The molecule has 2 rings (SSSR count). The van der Waals surface area contributed by atoms with Crippen LogP contribution in [0, 0.1) is 0 Å². The van der Waals surface area contributed by atoms with E-state index in [2.05, 4.69) is 26.4 Å². The number of sulfonamides is 1. The Morgan fingerprint density at radius 2 is 2.00 bits per heavy atom. The molecule has 1 aliphatic heterocycles. The predicted molar refractivity (Wildman–Crippen MR) is 111 cm³/mol. The molecule has 1 aromatic carbocycles. The minimum Gasteiger partial charge on any atom is -0.488 e. The van der Waals surface area contributed by atoms with E-state index in [1.54, 1.807) is 6.92 Å². The van der Waals surface area contributed by atoms with Crippen molar-refractivity contribution in [2.75, 3.05) is 31.9 Å². The lowest BCUT2D eigenvalue weighted by Gasteiger charge is -2.13. The molecule has 0 fully saturated rings. The average Bonchev–Trinajstić information content (AvgIpc) is 2.99. The van der Waals surface area contributed by atoms with Gasteiger partial charge in [0.1, 0.15) is 11.9 Å². The second kappa shape index (κ2) is 10.8. The topological polar surface area (TPSA) is 91.8 Å². The third-order valence-electron chi connectivity index (χ3n) is 3.63. The molecule has 0 spiro atoms. The fraction of sp³-hybridized carbons (Fsp3) is 0.562. The number of para-hydroxylation sites is 1. The van der Waals surface area contributed by atoms with E-state index in [9.17, 15) is 8.42 Å². The number of nitrogens with one attached hydrogen (secondary N) is 3. The van der Waals surface area contributed by atoms with Gasteiger partial charge in [-0.2, -0.15) is 0 Å². The van der Waals surface area contributed by atoms with Gasteiger partial charge in [-0.1, -0.05) is 18.2 Å². The summed E-state index contributed by atoms with van der Waals surface area (Å²) in [6.07, 6.45) is 0.895. The van der Waals surface area contributed by atoms with Crippen LogP contribution in [0.5, 0.6) is 5.75 Å². The summed E-state index contributed by atoms with van der Waals surface area (Å²) in [7, 11) is -3.16. The van der Waals surface area contributed by atoms with E-state index >= 15 is 0 Å². The van der Waals surface area contributed by atoms with Gasteiger partial charge >= 0.3 is 0 Å². The van der Waals surface area contributed by atoms with Crippen molar-refractivity contribution < 1.29 is 13.2 Å². The average molecular weight is 482 g/mol. The van der Waals surface area contributed by atoms with Crippen molar-refractivity contribution in [1.82, 2.24) is 15.4 Å². The Balaban J connectivity index is 0.00000312. The van der Waals surface area contributed by atoms with Gasteiger partial charge in [0.05, 0.1) is 12.3 Å². The molecule has 1 aromatic rings. The monoisotopic (exact) mass is 482 g/mol. The molecule has 0 aliphatic carbocycles. The molecule has 7 nitrogen and oxygen atoms in total. The summed E-state index contributed by atoms with van der Waals surface area (Å²) in [6.45, 7) is 5.67. The van der Waals surface area contributed by atoms with Crippen LogP contribution >= 0.6 is 24.0 Å². The fourth-order valence-corrected chi connectivity index (χ4v) is 3.00. The lowest BCUT2D eigenvalue weighted by atomic mass is 10.1. The van der Waals surface area contributed by atoms with Crippen LogP contribution in [0.3, 0.4) is 0 Å². The summed E-state index contributed by atoms with van der Waals surface area (Å²) in [4.78, 5) is 4.52. The Bertz CT molecular complexity index is 642. The number of fused-ring (bicyclic) bond motifs is 1. The van der Waals surface area contributed by atoms with Gasteiger partial charge in [0, 0.05) is 26.1 Å². The molecule has 0 aromatic heterocycles. The first-order valence-corrected chi connectivity index (χ1v) is 9.93. The van der Waals surface area contributed by atoms with Crippen molar-refractivity contribution in [3.05, 3.63) is 29.8 Å². The summed E-state index contributed by atoms with van der Waals surface area (Å²) in [5.74, 6) is 1.68. The van der Waals surface area contributed by atoms with Gasteiger partial charge in [-0.15, -0.1) is 24.0 Å². The third-order valence-corrected chi connectivity index (χ3v) is 5.03. The highest BCUT2D eigenvalue weighted by molar-refractivity contribution is 14.0. The first kappa shape index (κ1) is 22.0. The maximum absolute atomic E-state index is 11.4. The Labute approximate surface area is 167 Å². The number of guanidine groups is 1. The van der Waals surface area contributed by atoms with Crippen molar-refractivity contribution in [2.24, 2.45) is 4.99 Å². The van der Waals surface area contributed by atoms with Crippen molar-refractivity contribution in [1.29, 1.82) is 0 Å². The van der Waals surface area contributed by atoms with Crippen LogP contribution in [0.25, 0.3) is 0 Å². The second-order valence-corrected chi connectivity index (χ2v) is 7.59. The standard InChI is InChI=1S/C16H26N4O3S.HI/c1-3-17-16(18-9-10-20-24(21,22)4-2)19-12-14-11-13-7-5-6-8-15(13)23-14;/h5-8,14,20H,3-4,9-12H2,1-2H3,(H2,17,18,19);1H. The number of hydrogen-bond donors (Lipinski definition) is 3. The molecule has 3 N–H and O–H groups in total. The number of hydrogen-bond acceptors (Lipinski definition) is 4. The second-order valence-electron chi connectivity index (χ2n) is 5.50. The van der Waals surface area contributed by atoms with Crippen molar-refractivity contribution >= 4 is 40.0 Å². The molecule has 25 heavy (non-hydrogen) atoms. The number of benzene rings is 1. The van der Waals surface area contributed by atoms with Gasteiger partial charge in [-0.3, -0.25) is 0 Å². The summed E-state index contributed by atoms with van der Waals surface area (Å²) < 4.78 is 31.1. The molecule has 0 saturated carbocycles. The van der Waals surface area contributed by atoms with Crippen molar-refractivity contribution in [2.45, 2.75) is 26.4 Å². The molecule has 0 saturated heterocycles. The predicted octanol–water partition coefficient (Wildman–Crippen LogP) is 1.10. The Morgan fingerprint density at radius 3 is 2.68 bits per heavy atom. The minimum absolute atomic E-state index is 0. The molecule has 1 heterocycles. The van der Waals surface area contributed by atoms with Crippen LogP contribution in [-0.4, -0.2) is 52.4 Å². The number of ether oxygens (including phenoxy) is 1. The molecule has 1 atom stereocenters. The van der Waals surface area contributed by atoms with Gasteiger partial charge < -0.3 is 15.4 Å². The quantitative estimate of drug-likeness (QED) is 0.224. The van der Waals surface area contributed by atoms with E-state index in [-0.39, 0.29) is 35.8 Å². The summed E-state index contributed by atoms with van der Waals surface area (Å²) in [5, 5.41) is 6.26. The lowest BCUT2D eigenvalue weighted by molar-refractivity contribution is 0.241. The van der Waals surface area contributed by atoms with Crippen molar-refractivity contribution in [3.63, 3.8) is 0 Å². The highest BCUT2D eigenvalue weighted by atomic mass is 127. The van der Waals surface area contributed by atoms with Crippen LogP contribution in [0.1, 0.15) is 19.4 Å². The number of rotatable bonds is 8. The van der Waals surface area contributed by atoms with Crippen LogP contribution in [-0.2, 0) is 16.4 Å². The van der Waals surface area contributed by atoms with Crippen LogP contribution in [0.4, 0.5) is 0 Å². The third kappa shape index (κ3) is 7.37. The molecule has 1 aliphatic rings. The van der Waals surface area contributed by atoms with Crippen LogP contribution in [0.2, 0.25) is 0 Å². The molecular formula is C16H27IN4O3S. The van der Waals surface area contributed by atoms with E-state index in [1.165, 1.54) is 5.56 Å². The SMILES string of the molecule is CCNC(=NCC1Cc2ccccc2O1)NCCNS(=O)(=O)CC.I. The Kier molecular flexibility index (Phi) is 9.51. The molecule has 0 bridgehead atoms. The number of nitrogens with zero attached hydrogens (tertiary/aromatic N) is 1. The zero-order chi connectivity index (χ0) is 17.4. The maximum atomic E-state index is 11.4. The summed E-state index contributed by atoms with van der Waals surface area (Å²) >= 11 is 0. The summed E-state index contributed by atoms with van der Waals surface area (Å²) in [6, 6.07) is 8.02. The van der Waals surface area contributed by atoms with Crippen LogP contribution in [0.15, 0.2) is 29.3 Å². The fourth-order valence-electron chi connectivity index (χ4n) is 2.38. The maximum Gasteiger partial charge on any atom is 0.211 e. The first-order chi connectivity index (χ1) is 11.5. The number of aliphatic imine (C=N–C) groups is 1.